The van der Waals surface area contributed by atoms with E-state index >= 15 is 0 Å². The first-order valence-corrected chi connectivity index (χ1v) is 22.2. The third kappa shape index (κ3) is 6.01. The van der Waals surface area contributed by atoms with Crippen LogP contribution < -0.4 is 0 Å². The highest BCUT2D eigenvalue weighted by Crippen LogP contribution is 2.49. The van der Waals surface area contributed by atoms with Crippen molar-refractivity contribution in [2.75, 3.05) is 14.2 Å². The lowest BCUT2D eigenvalue weighted by Crippen LogP contribution is -2.02. The van der Waals surface area contributed by atoms with Crippen LogP contribution in [0.4, 0.5) is 0 Å². The van der Waals surface area contributed by atoms with Crippen LogP contribution in [-0.2, 0) is 35.2 Å². The fourth-order valence-electron chi connectivity index (χ4n) is 11.1. The molecule has 0 unspecified atom stereocenters. The fraction of sp³-hybridized carbons (Fsp3) is 0.346. The van der Waals surface area contributed by atoms with Gasteiger partial charge in [0.2, 0.25) is 0 Å². The van der Waals surface area contributed by atoms with Crippen LogP contribution in [-0.4, -0.2) is 46.1 Å². The number of carbonyl (C=O) groups is 2. The molecule has 11 rings (SSSR count). The number of aryl methyl sites for hydroxylation is 4. The Balaban J connectivity index is 1.31. The van der Waals surface area contributed by atoms with Gasteiger partial charge < -0.3 is 19.4 Å². The van der Waals surface area contributed by atoms with Gasteiger partial charge in [-0.15, -0.1) is 0 Å². The Labute approximate surface area is 350 Å². The first-order chi connectivity index (χ1) is 29.5. The highest BCUT2D eigenvalue weighted by Gasteiger charge is 2.31. The van der Waals surface area contributed by atoms with Gasteiger partial charge in [-0.25, -0.2) is 19.6 Å². The molecule has 5 aromatic rings. The van der Waals surface area contributed by atoms with Crippen molar-refractivity contribution in [3.05, 3.63) is 117 Å². The fourth-order valence-corrected chi connectivity index (χ4v) is 11.1. The predicted octanol–water partition coefficient (Wildman–Crippen LogP) is 11.9. The zero-order valence-corrected chi connectivity index (χ0v) is 34.6. The van der Waals surface area contributed by atoms with Gasteiger partial charge in [0.15, 0.2) is 0 Å². The molecule has 0 fully saturated rings. The van der Waals surface area contributed by atoms with E-state index in [1.807, 2.05) is 24.3 Å². The zero-order chi connectivity index (χ0) is 40.5. The Hall–Kier alpha value is -6.02. The van der Waals surface area contributed by atoms with Gasteiger partial charge in [0.05, 0.1) is 59.2 Å². The Kier molecular flexibility index (Phi) is 9.20. The quantitative estimate of drug-likeness (QED) is 0.175. The van der Waals surface area contributed by atoms with Crippen LogP contribution in [0.25, 0.3) is 66.6 Å². The van der Waals surface area contributed by atoms with Gasteiger partial charge in [-0.3, -0.25) is 0 Å². The number of carbonyl (C=O) groups excluding carboxylic acids is 2. The number of nitrogens with zero attached hydrogens (tertiary/aromatic N) is 2. The summed E-state index contributed by atoms with van der Waals surface area (Å²) in [6.07, 6.45) is 17.1. The molecule has 3 aromatic heterocycles. The maximum Gasteiger partial charge on any atom is 0.337 e. The third-order valence-corrected chi connectivity index (χ3v) is 14.0. The average molecular weight is 795 g/mol. The summed E-state index contributed by atoms with van der Waals surface area (Å²) in [5.74, 6) is -0.673. The summed E-state index contributed by atoms with van der Waals surface area (Å²) in [4.78, 5) is 44.8. The Morgan fingerprint density at radius 3 is 1.20 bits per heavy atom. The minimum absolute atomic E-state index is 0.337. The summed E-state index contributed by atoms with van der Waals surface area (Å²) in [7, 11) is 2.87. The van der Waals surface area contributed by atoms with Crippen molar-refractivity contribution in [3.8, 4) is 22.3 Å². The van der Waals surface area contributed by atoms with E-state index in [0.717, 1.165) is 170 Å². The summed E-state index contributed by atoms with van der Waals surface area (Å²) in [6.45, 7) is 0. The summed E-state index contributed by atoms with van der Waals surface area (Å²) in [6, 6.07) is 20.6. The molecule has 302 valence electrons. The predicted molar refractivity (Wildman–Crippen MR) is 238 cm³/mol. The zero-order valence-electron chi connectivity index (χ0n) is 34.6. The number of H-pyrrole nitrogens is 2. The van der Waals surface area contributed by atoms with Crippen molar-refractivity contribution < 1.29 is 19.1 Å². The number of fused-ring (bicyclic) bond motifs is 18. The molecule has 0 spiro atoms. The first-order valence-electron chi connectivity index (χ1n) is 22.2. The molecule has 4 aliphatic carbocycles. The third-order valence-electron chi connectivity index (χ3n) is 14.0. The van der Waals surface area contributed by atoms with Crippen LogP contribution in [0.5, 0.6) is 0 Å². The number of benzene rings is 2. The monoisotopic (exact) mass is 794 g/mol. The summed E-state index contributed by atoms with van der Waals surface area (Å²) < 4.78 is 10.2. The maximum absolute atomic E-state index is 12.6. The molecule has 0 saturated carbocycles. The number of aromatic amines is 2. The second-order valence-corrected chi connectivity index (χ2v) is 17.4. The van der Waals surface area contributed by atoms with E-state index in [4.69, 9.17) is 19.4 Å². The normalized spacial score (nSPS) is 17.1. The Morgan fingerprint density at radius 1 is 0.467 bits per heavy atom. The topological polar surface area (TPSA) is 110 Å². The van der Waals surface area contributed by atoms with Crippen molar-refractivity contribution >= 4 is 56.3 Å². The van der Waals surface area contributed by atoms with Crippen molar-refractivity contribution in [2.24, 2.45) is 0 Å². The number of ether oxygens (including phenoxy) is 2. The molecule has 0 atom stereocenters. The lowest BCUT2D eigenvalue weighted by atomic mass is 9.85. The van der Waals surface area contributed by atoms with E-state index in [0.29, 0.717) is 11.1 Å². The van der Waals surface area contributed by atoms with Crippen LogP contribution in [0.3, 0.4) is 0 Å². The number of methoxy groups -OCH3 is 2. The highest BCUT2D eigenvalue weighted by atomic mass is 16.5. The van der Waals surface area contributed by atoms with Crippen molar-refractivity contribution in [2.45, 2.75) is 103 Å². The first kappa shape index (κ1) is 37.0. The number of hydrogen-bond acceptors (Lipinski definition) is 6. The number of aromatic nitrogens is 4. The average Bonchev–Trinajstić information content (AvgIpc) is 4.06. The van der Waals surface area contributed by atoms with E-state index in [-0.39, 0.29) is 11.9 Å². The molecule has 0 saturated heterocycles. The molecule has 0 amide bonds. The van der Waals surface area contributed by atoms with Crippen LogP contribution in [0, 0.1) is 0 Å². The summed E-state index contributed by atoms with van der Waals surface area (Å²) in [5.41, 5.74) is 25.1. The van der Waals surface area contributed by atoms with E-state index < -0.39 is 0 Å². The molecule has 8 bridgehead atoms. The molecule has 60 heavy (non-hydrogen) atoms. The van der Waals surface area contributed by atoms with Gasteiger partial charge in [-0.05, 0) is 195 Å². The molecule has 2 aliphatic heterocycles. The molecule has 5 heterocycles. The molecule has 2 N–H and O–H groups in total. The molecular formula is C52H50N4O4. The van der Waals surface area contributed by atoms with E-state index in [9.17, 15) is 9.59 Å². The van der Waals surface area contributed by atoms with E-state index in [1.165, 1.54) is 58.8 Å². The Bertz CT molecular complexity index is 2670. The van der Waals surface area contributed by atoms with Gasteiger partial charge >= 0.3 is 11.9 Å². The Morgan fingerprint density at radius 2 is 0.817 bits per heavy atom. The van der Waals surface area contributed by atoms with Gasteiger partial charge in [0.25, 0.3) is 0 Å². The van der Waals surface area contributed by atoms with Gasteiger partial charge in [-0.2, -0.15) is 0 Å². The second kappa shape index (κ2) is 14.9. The highest BCUT2D eigenvalue weighted by molar-refractivity contribution is 6.05. The maximum atomic E-state index is 12.6. The van der Waals surface area contributed by atoms with Gasteiger partial charge in [0, 0.05) is 22.2 Å². The van der Waals surface area contributed by atoms with Crippen LogP contribution in [0.2, 0.25) is 0 Å². The molecule has 0 radical (unpaired) electrons. The number of allylic oxidation sites excluding steroid dienone is 4. The van der Waals surface area contributed by atoms with Crippen molar-refractivity contribution in [1.29, 1.82) is 0 Å². The largest absolute Gasteiger partial charge is 0.465 e. The van der Waals surface area contributed by atoms with E-state index in [1.54, 1.807) is 0 Å². The van der Waals surface area contributed by atoms with Crippen LogP contribution in [0.1, 0.15) is 143 Å². The van der Waals surface area contributed by atoms with Gasteiger partial charge in [0.1, 0.15) is 0 Å². The molecule has 6 aliphatic rings. The van der Waals surface area contributed by atoms with Crippen molar-refractivity contribution in [1.82, 2.24) is 19.9 Å². The minimum atomic E-state index is -0.337. The summed E-state index contributed by atoms with van der Waals surface area (Å²) in [5, 5.41) is 0. The summed E-state index contributed by atoms with van der Waals surface area (Å²) >= 11 is 0. The van der Waals surface area contributed by atoms with E-state index in [2.05, 4.69) is 46.4 Å². The second-order valence-electron chi connectivity index (χ2n) is 17.4. The number of hydrogen-bond donors (Lipinski definition) is 2. The molecule has 8 nitrogen and oxygen atoms in total. The number of rotatable bonds is 4. The standard InChI is InChI=1S/C52H50N4O4/c1-59-51(57)31-23-19-29(20-24-31)45-47-37-15-7-3-11-33(37)41(53-47)27-43-35-13-5-9-17-39(35)49(55-43)46(30-21-25-32(26-22-30)52(58)60-2)50-40-18-10-6-14-36(40)44(56-50)28-42-34-12-4-8-16-38(34)48(45)54-42/h19-28,53,56H,3-18H2,1-2H3. The molecule has 8 heteroatoms. The van der Waals surface area contributed by atoms with Gasteiger partial charge in [-0.1, -0.05) is 24.3 Å². The minimum Gasteiger partial charge on any atom is -0.465 e. The number of nitrogens with one attached hydrogen (secondary N) is 2. The van der Waals surface area contributed by atoms with Crippen LogP contribution >= 0.6 is 0 Å². The van der Waals surface area contributed by atoms with Crippen molar-refractivity contribution in [3.63, 3.8) is 0 Å². The van der Waals surface area contributed by atoms with Crippen LogP contribution in [0.15, 0.2) is 60.7 Å². The smallest absolute Gasteiger partial charge is 0.337 e. The molecule has 2 aromatic carbocycles. The lowest BCUT2D eigenvalue weighted by molar-refractivity contribution is 0.0592. The SMILES string of the molecule is COC(=O)c1ccc(-c2c3nc(cc4[nH]c(c5c4CCCC5)c(-c4ccc(C(=O)OC)cc4)c4nc(cc5[nH]c2c2c5CCCC2)C2=C4CCCC2)C2=C3CCCC2)cc1. The molecular weight excluding hydrogens is 745 g/mol. The number of esters is 2. The lowest BCUT2D eigenvalue weighted by Gasteiger charge is -2.17.